The van der Waals surface area contributed by atoms with Gasteiger partial charge in [0.05, 0.1) is 6.10 Å². The van der Waals surface area contributed by atoms with Crippen LogP contribution < -0.4 is 10.1 Å². The Kier molecular flexibility index (Phi) is 6.38. The minimum Gasteiger partial charge on any atom is -0.490 e. The molecule has 1 saturated carbocycles. The van der Waals surface area contributed by atoms with E-state index in [1.807, 2.05) is 0 Å². The van der Waals surface area contributed by atoms with Gasteiger partial charge in [0, 0.05) is 11.6 Å². The van der Waals surface area contributed by atoms with E-state index in [9.17, 15) is 0 Å². The fraction of sp³-hybridized carbons (Fsp3) is 0.667. The third-order valence-corrected chi connectivity index (χ3v) is 4.18. The van der Waals surface area contributed by atoms with Crippen LogP contribution in [0.15, 0.2) is 24.3 Å². The highest BCUT2D eigenvalue weighted by Crippen LogP contribution is 2.29. The Balaban J connectivity index is 2.02. The molecule has 112 valence electrons. The van der Waals surface area contributed by atoms with Gasteiger partial charge in [0.25, 0.3) is 0 Å². The van der Waals surface area contributed by atoms with E-state index in [0.29, 0.717) is 12.1 Å². The summed E-state index contributed by atoms with van der Waals surface area (Å²) in [5.74, 6) is 1.08. The molecule has 1 aromatic rings. The van der Waals surface area contributed by atoms with Gasteiger partial charge in [-0.05, 0) is 51.6 Å². The molecule has 1 aromatic carbocycles. The van der Waals surface area contributed by atoms with Crippen molar-refractivity contribution in [3.05, 3.63) is 29.8 Å². The topological polar surface area (TPSA) is 21.3 Å². The van der Waals surface area contributed by atoms with E-state index in [2.05, 4.69) is 43.4 Å². The van der Waals surface area contributed by atoms with Crippen molar-refractivity contribution in [1.82, 2.24) is 5.32 Å². The third kappa shape index (κ3) is 4.52. The first-order chi connectivity index (χ1) is 9.81. The van der Waals surface area contributed by atoms with Crippen LogP contribution in [0, 0.1) is 0 Å². The first-order valence-corrected chi connectivity index (χ1v) is 8.30. The Morgan fingerprint density at radius 2 is 1.85 bits per heavy atom. The Bertz CT molecular complexity index is 383. The van der Waals surface area contributed by atoms with Crippen LogP contribution in [0.4, 0.5) is 0 Å². The average Bonchev–Trinajstić information content (AvgIpc) is 2.74. The lowest BCUT2D eigenvalue weighted by atomic mass is 10.1. The fourth-order valence-electron chi connectivity index (χ4n) is 2.96. The highest BCUT2D eigenvalue weighted by Gasteiger charge is 2.17. The predicted molar refractivity (Wildman–Crippen MR) is 85.3 cm³/mol. The highest BCUT2D eigenvalue weighted by molar-refractivity contribution is 5.35. The van der Waals surface area contributed by atoms with E-state index < -0.39 is 0 Å². The molecule has 2 heteroatoms. The minimum absolute atomic E-state index is 0.358. The molecular weight excluding hydrogens is 246 g/mol. The number of ether oxygens (including phenoxy) is 1. The molecule has 2 nitrogen and oxygen atoms in total. The zero-order valence-corrected chi connectivity index (χ0v) is 13.0. The smallest absolute Gasteiger partial charge is 0.124 e. The zero-order valence-electron chi connectivity index (χ0n) is 13.0. The number of benzene rings is 1. The van der Waals surface area contributed by atoms with Crippen molar-refractivity contribution in [3.63, 3.8) is 0 Å². The van der Waals surface area contributed by atoms with Gasteiger partial charge in [0.2, 0.25) is 0 Å². The van der Waals surface area contributed by atoms with Gasteiger partial charge >= 0.3 is 0 Å². The molecule has 1 aliphatic carbocycles. The third-order valence-electron chi connectivity index (χ3n) is 4.18. The van der Waals surface area contributed by atoms with Crippen LogP contribution in [-0.4, -0.2) is 12.6 Å². The molecule has 0 spiro atoms. The second kappa shape index (κ2) is 8.31. The van der Waals surface area contributed by atoms with Crippen LogP contribution in [0.25, 0.3) is 0 Å². The Labute approximate surface area is 123 Å². The van der Waals surface area contributed by atoms with Crippen molar-refractivity contribution in [2.75, 3.05) is 6.54 Å². The van der Waals surface area contributed by atoms with E-state index in [-0.39, 0.29) is 0 Å². The fourth-order valence-corrected chi connectivity index (χ4v) is 2.96. The molecule has 1 fully saturated rings. The SMILES string of the molecule is CCCNC(C)c1ccccc1OC1CCCCCC1. The summed E-state index contributed by atoms with van der Waals surface area (Å²) in [7, 11) is 0. The van der Waals surface area contributed by atoms with Crippen LogP contribution in [0.1, 0.15) is 70.4 Å². The molecule has 0 saturated heterocycles. The van der Waals surface area contributed by atoms with Crippen LogP contribution in [0.5, 0.6) is 5.75 Å². The van der Waals surface area contributed by atoms with Gasteiger partial charge < -0.3 is 10.1 Å². The molecule has 1 N–H and O–H groups in total. The summed E-state index contributed by atoms with van der Waals surface area (Å²) in [5, 5.41) is 3.56. The molecule has 0 bridgehead atoms. The van der Waals surface area contributed by atoms with Crippen LogP contribution >= 0.6 is 0 Å². The molecular formula is C18H29NO. The van der Waals surface area contributed by atoms with E-state index in [1.54, 1.807) is 0 Å². The number of para-hydroxylation sites is 1. The van der Waals surface area contributed by atoms with Crippen molar-refractivity contribution < 1.29 is 4.74 Å². The van der Waals surface area contributed by atoms with Crippen molar-refractivity contribution in [2.24, 2.45) is 0 Å². The Hall–Kier alpha value is -1.02. The van der Waals surface area contributed by atoms with E-state index >= 15 is 0 Å². The van der Waals surface area contributed by atoms with Crippen LogP contribution in [0.3, 0.4) is 0 Å². The molecule has 20 heavy (non-hydrogen) atoms. The van der Waals surface area contributed by atoms with E-state index in [4.69, 9.17) is 4.74 Å². The van der Waals surface area contributed by atoms with Crippen molar-refractivity contribution >= 4 is 0 Å². The first-order valence-electron chi connectivity index (χ1n) is 8.30. The predicted octanol–water partition coefficient (Wildman–Crippen LogP) is 4.85. The van der Waals surface area contributed by atoms with Gasteiger partial charge in [0.15, 0.2) is 0 Å². The summed E-state index contributed by atoms with van der Waals surface area (Å²) in [5.41, 5.74) is 1.30. The maximum Gasteiger partial charge on any atom is 0.124 e. The maximum absolute atomic E-state index is 6.33. The van der Waals surface area contributed by atoms with Gasteiger partial charge in [-0.3, -0.25) is 0 Å². The molecule has 1 aliphatic rings. The largest absolute Gasteiger partial charge is 0.490 e. The van der Waals surface area contributed by atoms with Crippen molar-refractivity contribution in [2.45, 2.75) is 70.9 Å². The quantitative estimate of drug-likeness (QED) is 0.749. The highest BCUT2D eigenvalue weighted by atomic mass is 16.5. The lowest BCUT2D eigenvalue weighted by Crippen LogP contribution is -2.22. The van der Waals surface area contributed by atoms with Gasteiger partial charge in [-0.2, -0.15) is 0 Å². The molecule has 1 unspecified atom stereocenters. The summed E-state index contributed by atoms with van der Waals surface area (Å²) in [6.07, 6.45) is 9.38. The zero-order chi connectivity index (χ0) is 14.2. The Morgan fingerprint density at radius 3 is 2.55 bits per heavy atom. The molecule has 0 aromatic heterocycles. The monoisotopic (exact) mass is 275 g/mol. The number of rotatable bonds is 6. The lowest BCUT2D eigenvalue weighted by molar-refractivity contribution is 0.181. The van der Waals surface area contributed by atoms with Gasteiger partial charge in [0.1, 0.15) is 5.75 Å². The average molecular weight is 275 g/mol. The van der Waals surface area contributed by atoms with Crippen molar-refractivity contribution in [1.29, 1.82) is 0 Å². The maximum atomic E-state index is 6.33. The summed E-state index contributed by atoms with van der Waals surface area (Å²) in [6.45, 7) is 5.48. The Morgan fingerprint density at radius 1 is 1.15 bits per heavy atom. The van der Waals surface area contributed by atoms with Crippen LogP contribution in [-0.2, 0) is 0 Å². The van der Waals surface area contributed by atoms with E-state index in [0.717, 1.165) is 18.7 Å². The minimum atomic E-state index is 0.358. The lowest BCUT2D eigenvalue weighted by Gasteiger charge is -2.22. The molecule has 1 atom stereocenters. The second-order valence-corrected chi connectivity index (χ2v) is 5.95. The standard InChI is InChI=1S/C18H29NO/c1-3-14-19-15(2)17-12-8-9-13-18(17)20-16-10-6-4-5-7-11-16/h8-9,12-13,15-16,19H,3-7,10-11,14H2,1-2H3. The van der Waals surface area contributed by atoms with Crippen LogP contribution in [0.2, 0.25) is 0 Å². The second-order valence-electron chi connectivity index (χ2n) is 5.95. The normalized spacial score (nSPS) is 18.5. The summed E-state index contributed by atoms with van der Waals surface area (Å²) < 4.78 is 6.33. The molecule has 0 aliphatic heterocycles. The molecule has 0 heterocycles. The van der Waals surface area contributed by atoms with Crippen molar-refractivity contribution in [3.8, 4) is 5.75 Å². The van der Waals surface area contributed by atoms with Gasteiger partial charge in [-0.1, -0.05) is 38.0 Å². The number of hydrogen-bond donors (Lipinski definition) is 1. The summed E-state index contributed by atoms with van der Waals surface area (Å²) in [4.78, 5) is 0. The first kappa shape index (κ1) is 15.4. The number of nitrogens with one attached hydrogen (secondary N) is 1. The summed E-state index contributed by atoms with van der Waals surface area (Å²) in [6, 6.07) is 8.88. The molecule has 0 amide bonds. The number of hydrogen-bond acceptors (Lipinski definition) is 2. The molecule has 2 rings (SSSR count). The van der Waals surface area contributed by atoms with Gasteiger partial charge in [-0.25, -0.2) is 0 Å². The molecule has 0 radical (unpaired) electrons. The van der Waals surface area contributed by atoms with E-state index in [1.165, 1.54) is 44.1 Å². The van der Waals surface area contributed by atoms with Gasteiger partial charge in [-0.15, -0.1) is 0 Å². The summed E-state index contributed by atoms with van der Waals surface area (Å²) >= 11 is 0.